The Morgan fingerprint density at radius 1 is 0.943 bits per heavy atom. The van der Waals surface area contributed by atoms with Crippen LogP contribution in [0.3, 0.4) is 0 Å². The predicted molar refractivity (Wildman–Crippen MR) is 137 cm³/mol. The summed E-state index contributed by atoms with van der Waals surface area (Å²) in [6, 6.07) is 14.4. The summed E-state index contributed by atoms with van der Waals surface area (Å²) in [7, 11) is 0. The van der Waals surface area contributed by atoms with Crippen LogP contribution in [-0.2, 0) is 6.54 Å². The minimum atomic E-state index is -0.220. The van der Waals surface area contributed by atoms with E-state index in [0.29, 0.717) is 42.4 Å². The number of benzene rings is 2. The van der Waals surface area contributed by atoms with Crippen LogP contribution in [0.4, 0.5) is 10.5 Å². The average Bonchev–Trinajstić information content (AvgIpc) is 3.68. The van der Waals surface area contributed by atoms with Crippen LogP contribution in [0.25, 0.3) is 0 Å². The highest BCUT2D eigenvalue weighted by Crippen LogP contribution is 2.27. The predicted octanol–water partition coefficient (Wildman–Crippen LogP) is 3.80. The van der Waals surface area contributed by atoms with E-state index >= 15 is 0 Å². The number of carbonyl (C=O) groups is 3. The van der Waals surface area contributed by atoms with E-state index in [2.05, 4.69) is 20.5 Å². The first-order valence-corrected chi connectivity index (χ1v) is 12.2. The van der Waals surface area contributed by atoms with Gasteiger partial charge in [0.25, 0.3) is 11.8 Å². The zero-order chi connectivity index (χ0) is 24.8. The SMILES string of the molecule is CC(C)=NC(=O)c1cccc(CN2CCN(C(=O)c3ccc(NC(=O)NCC4CC4)cc3)CC2)c1. The Morgan fingerprint density at radius 3 is 2.31 bits per heavy atom. The van der Waals surface area contributed by atoms with Gasteiger partial charge in [-0.25, -0.2) is 9.79 Å². The maximum absolute atomic E-state index is 12.9. The molecule has 8 heteroatoms. The standard InChI is InChI=1S/C27H33N5O3/c1-19(2)29-25(33)23-5-3-4-21(16-23)18-31-12-14-32(15-13-31)26(34)22-8-10-24(11-9-22)30-27(35)28-17-20-6-7-20/h3-5,8-11,16,20H,6-7,12-15,17-18H2,1-2H3,(H2,28,30,35). The molecule has 8 nitrogen and oxygen atoms in total. The van der Waals surface area contributed by atoms with E-state index in [1.807, 2.05) is 36.9 Å². The molecule has 1 saturated heterocycles. The fraction of sp³-hybridized carbons (Fsp3) is 0.407. The highest BCUT2D eigenvalue weighted by Gasteiger charge is 2.23. The fourth-order valence-corrected chi connectivity index (χ4v) is 4.05. The Morgan fingerprint density at radius 2 is 1.66 bits per heavy atom. The number of urea groups is 1. The van der Waals surface area contributed by atoms with Crippen LogP contribution >= 0.6 is 0 Å². The largest absolute Gasteiger partial charge is 0.338 e. The van der Waals surface area contributed by atoms with Gasteiger partial charge in [-0.3, -0.25) is 14.5 Å². The molecule has 1 heterocycles. The number of rotatable bonds is 7. The number of hydrogen-bond donors (Lipinski definition) is 2. The molecule has 4 amide bonds. The number of amides is 4. The lowest BCUT2D eigenvalue weighted by Crippen LogP contribution is -2.48. The molecule has 184 valence electrons. The summed E-state index contributed by atoms with van der Waals surface area (Å²) in [5.41, 5.74) is 3.67. The minimum absolute atomic E-state index is 0.00484. The van der Waals surface area contributed by atoms with Gasteiger partial charge in [-0.2, -0.15) is 0 Å². The molecular formula is C27H33N5O3. The summed E-state index contributed by atoms with van der Waals surface area (Å²) >= 11 is 0. The summed E-state index contributed by atoms with van der Waals surface area (Å²) < 4.78 is 0. The van der Waals surface area contributed by atoms with Gasteiger partial charge >= 0.3 is 6.03 Å². The molecule has 2 aromatic rings. The lowest BCUT2D eigenvalue weighted by Gasteiger charge is -2.34. The van der Waals surface area contributed by atoms with Crippen LogP contribution in [0, 0.1) is 5.92 Å². The van der Waals surface area contributed by atoms with Crippen molar-refractivity contribution in [2.75, 3.05) is 38.0 Å². The van der Waals surface area contributed by atoms with E-state index in [1.165, 1.54) is 12.8 Å². The van der Waals surface area contributed by atoms with E-state index < -0.39 is 0 Å². The topological polar surface area (TPSA) is 94.1 Å². The van der Waals surface area contributed by atoms with Crippen LogP contribution in [0.1, 0.15) is 53.0 Å². The molecule has 35 heavy (non-hydrogen) atoms. The molecule has 0 spiro atoms. The maximum Gasteiger partial charge on any atom is 0.319 e. The fourth-order valence-electron chi connectivity index (χ4n) is 4.05. The second-order valence-corrected chi connectivity index (χ2v) is 9.49. The molecule has 2 fully saturated rings. The third kappa shape index (κ3) is 7.23. The van der Waals surface area contributed by atoms with E-state index in [9.17, 15) is 14.4 Å². The maximum atomic E-state index is 12.9. The van der Waals surface area contributed by atoms with Gasteiger partial charge in [0.15, 0.2) is 0 Å². The van der Waals surface area contributed by atoms with E-state index in [0.717, 1.165) is 30.9 Å². The Kier molecular flexibility index (Phi) is 7.92. The second-order valence-electron chi connectivity index (χ2n) is 9.49. The zero-order valence-electron chi connectivity index (χ0n) is 20.4. The summed E-state index contributed by atoms with van der Waals surface area (Å²) in [4.78, 5) is 45.3. The lowest BCUT2D eigenvalue weighted by molar-refractivity contribution is 0.0628. The highest BCUT2D eigenvalue weighted by atomic mass is 16.2. The molecule has 0 radical (unpaired) electrons. The first-order chi connectivity index (χ1) is 16.9. The van der Waals surface area contributed by atoms with E-state index in [-0.39, 0.29) is 17.8 Å². The van der Waals surface area contributed by atoms with E-state index in [4.69, 9.17) is 0 Å². The number of aliphatic imine (C=N–C) groups is 1. The molecule has 0 aromatic heterocycles. The molecule has 1 aliphatic carbocycles. The summed E-state index contributed by atoms with van der Waals surface area (Å²) in [6.45, 7) is 7.85. The summed E-state index contributed by atoms with van der Waals surface area (Å²) in [6.07, 6.45) is 2.38. The Bertz CT molecular complexity index is 1100. The van der Waals surface area contributed by atoms with Crippen LogP contribution in [-0.4, -0.2) is 66.1 Å². The van der Waals surface area contributed by atoms with Gasteiger partial charge in [-0.1, -0.05) is 12.1 Å². The average molecular weight is 476 g/mol. The molecular weight excluding hydrogens is 442 g/mol. The molecule has 2 aromatic carbocycles. The van der Waals surface area contributed by atoms with Gasteiger partial charge in [-0.15, -0.1) is 0 Å². The van der Waals surface area contributed by atoms with Crippen molar-refractivity contribution in [1.29, 1.82) is 0 Å². The third-order valence-corrected chi connectivity index (χ3v) is 6.20. The molecule has 2 aliphatic rings. The van der Waals surface area contributed by atoms with Gasteiger partial charge in [0, 0.05) is 61.8 Å². The molecule has 1 saturated carbocycles. The molecule has 0 unspecified atom stereocenters. The Labute approximate surface area is 206 Å². The highest BCUT2D eigenvalue weighted by molar-refractivity contribution is 6.02. The normalized spacial score (nSPS) is 15.9. The van der Waals surface area contributed by atoms with Gasteiger partial charge in [0.2, 0.25) is 0 Å². The molecule has 1 aliphatic heterocycles. The number of carbonyl (C=O) groups excluding carboxylic acids is 3. The quantitative estimate of drug-likeness (QED) is 0.596. The number of hydrogen-bond acceptors (Lipinski definition) is 4. The van der Waals surface area contributed by atoms with Gasteiger partial charge < -0.3 is 15.5 Å². The van der Waals surface area contributed by atoms with Crippen LogP contribution < -0.4 is 10.6 Å². The van der Waals surface area contributed by atoms with Gasteiger partial charge in [0.1, 0.15) is 0 Å². The van der Waals surface area contributed by atoms with Crippen molar-refractivity contribution in [3.05, 3.63) is 65.2 Å². The van der Waals surface area contributed by atoms with Crippen molar-refractivity contribution in [1.82, 2.24) is 15.1 Å². The first-order valence-electron chi connectivity index (χ1n) is 12.2. The van der Waals surface area contributed by atoms with Crippen molar-refractivity contribution in [2.45, 2.75) is 33.2 Å². The zero-order valence-corrected chi connectivity index (χ0v) is 20.4. The number of nitrogens with one attached hydrogen (secondary N) is 2. The van der Waals surface area contributed by atoms with Crippen LogP contribution in [0.5, 0.6) is 0 Å². The Balaban J connectivity index is 1.25. The van der Waals surface area contributed by atoms with Crippen LogP contribution in [0.2, 0.25) is 0 Å². The lowest BCUT2D eigenvalue weighted by atomic mass is 10.1. The second kappa shape index (κ2) is 11.3. The van der Waals surface area contributed by atoms with Crippen molar-refractivity contribution >= 4 is 29.2 Å². The van der Waals surface area contributed by atoms with Crippen molar-refractivity contribution in [3.8, 4) is 0 Å². The van der Waals surface area contributed by atoms with Crippen molar-refractivity contribution in [3.63, 3.8) is 0 Å². The summed E-state index contributed by atoms with van der Waals surface area (Å²) in [5, 5.41) is 5.68. The van der Waals surface area contributed by atoms with Crippen molar-refractivity contribution in [2.24, 2.45) is 10.9 Å². The molecule has 0 atom stereocenters. The first kappa shape index (κ1) is 24.6. The monoisotopic (exact) mass is 475 g/mol. The molecule has 2 N–H and O–H groups in total. The Hall–Kier alpha value is -3.52. The van der Waals surface area contributed by atoms with Crippen LogP contribution in [0.15, 0.2) is 53.5 Å². The number of nitrogens with zero attached hydrogens (tertiary/aromatic N) is 3. The molecule has 4 rings (SSSR count). The van der Waals surface area contributed by atoms with Gasteiger partial charge in [0.05, 0.1) is 0 Å². The van der Waals surface area contributed by atoms with Gasteiger partial charge in [-0.05, 0) is 74.6 Å². The smallest absolute Gasteiger partial charge is 0.319 e. The minimum Gasteiger partial charge on any atom is -0.338 e. The van der Waals surface area contributed by atoms with E-state index in [1.54, 1.807) is 30.3 Å². The number of piperazine rings is 1. The molecule has 0 bridgehead atoms. The number of anilines is 1. The summed E-state index contributed by atoms with van der Waals surface area (Å²) in [5.74, 6) is 0.401. The van der Waals surface area contributed by atoms with Crippen molar-refractivity contribution < 1.29 is 14.4 Å². The third-order valence-electron chi connectivity index (χ3n) is 6.20.